The van der Waals surface area contributed by atoms with E-state index in [1.54, 1.807) is 12.1 Å². The number of piperidine rings is 1. The molecule has 5 rings (SSSR count). The number of carbonyl (C=O) groups is 1. The van der Waals surface area contributed by atoms with Crippen molar-refractivity contribution in [1.29, 1.82) is 0 Å². The Kier molecular flexibility index (Phi) is 6.32. The molecule has 2 amide bonds. The molecule has 0 bridgehead atoms. The lowest BCUT2D eigenvalue weighted by molar-refractivity contribution is -0.00413. The van der Waals surface area contributed by atoms with Gasteiger partial charge >= 0.3 is 6.03 Å². The molecule has 33 heavy (non-hydrogen) atoms. The number of fused-ring (bicyclic) bond motifs is 1. The largest absolute Gasteiger partial charge is 0.365 e. The van der Waals surface area contributed by atoms with Gasteiger partial charge in [-0.25, -0.2) is 13.9 Å². The van der Waals surface area contributed by atoms with Gasteiger partial charge in [0.25, 0.3) is 0 Å². The van der Waals surface area contributed by atoms with Gasteiger partial charge in [-0.1, -0.05) is 41.6 Å². The highest BCUT2D eigenvalue weighted by atomic mass is 19.1. The van der Waals surface area contributed by atoms with Crippen molar-refractivity contribution < 1.29 is 13.9 Å². The number of halogens is 1. The van der Waals surface area contributed by atoms with Crippen molar-refractivity contribution in [3.8, 4) is 0 Å². The molecular formula is C24H27FN6O2. The van der Waals surface area contributed by atoms with Gasteiger partial charge in [0.05, 0.1) is 18.8 Å². The van der Waals surface area contributed by atoms with Crippen LogP contribution in [0.1, 0.15) is 35.9 Å². The summed E-state index contributed by atoms with van der Waals surface area (Å²) in [6, 6.07) is 16.1. The van der Waals surface area contributed by atoms with Crippen LogP contribution in [0.25, 0.3) is 0 Å². The van der Waals surface area contributed by atoms with Gasteiger partial charge in [-0.15, -0.1) is 5.10 Å². The zero-order chi connectivity index (χ0) is 22.6. The van der Waals surface area contributed by atoms with Crippen LogP contribution in [0.5, 0.6) is 0 Å². The van der Waals surface area contributed by atoms with Crippen LogP contribution in [0.3, 0.4) is 0 Å². The Morgan fingerprint density at radius 2 is 1.85 bits per heavy atom. The van der Waals surface area contributed by atoms with Crippen molar-refractivity contribution in [3.05, 3.63) is 77.4 Å². The maximum Gasteiger partial charge on any atom is 0.319 e. The van der Waals surface area contributed by atoms with Crippen LogP contribution >= 0.6 is 0 Å². The second kappa shape index (κ2) is 9.68. The van der Waals surface area contributed by atoms with Crippen LogP contribution < -0.4 is 10.6 Å². The first-order chi connectivity index (χ1) is 16.2. The number of aromatic nitrogens is 3. The normalized spacial score (nSPS) is 19.1. The predicted octanol–water partition coefficient (Wildman–Crippen LogP) is 3.47. The van der Waals surface area contributed by atoms with Gasteiger partial charge in [-0.3, -0.25) is 4.90 Å². The lowest BCUT2D eigenvalue weighted by Crippen LogP contribution is -2.45. The van der Waals surface area contributed by atoms with Crippen LogP contribution in [0.2, 0.25) is 0 Å². The van der Waals surface area contributed by atoms with Gasteiger partial charge in [-0.2, -0.15) is 0 Å². The molecule has 1 saturated heterocycles. The zero-order valence-corrected chi connectivity index (χ0v) is 18.3. The van der Waals surface area contributed by atoms with Crippen molar-refractivity contribution in [2.75, 3.05) is 18.4 Å². The maximum atomic E-state index is 14.1. The molecule has 2 N–H and O–H groups in total. The van der Waals surface area contributed by atoms with Crippen molar-refractivity contribution in [2.45, 2.75) is 44.7 Å². The highest BCUT2D eigenvalue weighted by Crippen LogP contribution is 2.29. The number of likely N-dealkylation sites (tertiary alicyclic amines) is 1. The smallest absolute Gasteiger partial charge is 0.319 e. The number of ether oxygens (including phenoxy) is 1. The first kappa shape index (κ1) is 21.5. The minimum absolute atomic E-state index is 0.142. The van der Waals surface area contributed by atoms with E-state index < -0.39 is 0 Å². The van der Waals surface area contributed by atoms with Gasteiger partial charge in [-0.05, 0) is 31.0 Å². The number of anilines is 1. The lowest BCUT2D eigenvalue weighted by Gasteiger charge is -2.32. The topological polar surface area (TPSA) is 84.3 Å². The Labute approximate surface area is 191 Å². The minimum atomic E-state index is -0.364. The number of amides is 2. The molecule has 8 nitrogen and oxygen atoms in total. The fourth-order valence-corrected chi connectivity index (χ4v) is 4.43. The Balaban J connectivity index is 1.12. The molecule has 2 aliphatic heterocycles. The van der Waals surface area contributed by atoms with Gasteiger partial charge in [0.15, 0.2) is 0 Å². The molecule has 2 aliphatic rings. The summed E-state index contributed by atoms with van der Waals surface area (Å²) in [5, 5.41) is 14.6. The summed E-state index contributed by atoms with van der Waals surface area (Å²) >= 11 is 0. The molecule has 172 valence electrons. The third-order valence-electron chi connectivity index (χ3n) is 6.26. The third kappa shape index (κ3) is 5.04. The van der Waals surface area contributed by atoms with E-state index >= 15 is 0 Å². The van der Waals surface area contributed by atoms with Crippen LogP contribution in [-0.2, 0) is 24.4 Å². The Morgan fingerprint density at radius 3 is 2.64 bits per heavy atom. The molecule has 1 fully saturated rings. The summed E-state index contributed by atoms with van der Waals surface area (Å²) in [7, 11) is 0. The monoisotopic (exact) mass is 450 g/mol. The molecule has 1 atom stereocenters. The van der Waals surface area contributed by atoms with Crippen LogP contribution in [0, 0.1) is 5.82 Å². The number of para-hydroxylation sites is 1. The number of urea groups is 1. The van der Waals surface area contributed by atoms with E-state index in [0.717, 1.165) is 43.0 Å². The molecule has 1 unspecified atom stereocenters. The molecule has 0 radical (unpaired) electrons. The molecule has 3 aromatic rings. The van der Waals surface area contributed by atoms with Crippen molar-refractivity contribution in [3.63, 3.8) is 0 Å². The second-order valence-corrected chi connectivity index (χ2v) is 8.50. The van der Waals surface area contributed by atoms with E-state index in [4.69, 9.17) is 4.74 Å². The first-order valence-electron chi connectivity index (χ1n) is 11.3. The quantitative estimate of drug-likeness (QED) is 0.622. The van der Waals surface area contributed by atoms with Crippen LogP contribution in [0.4, 0.5) is 14.9 Å². The predicted molar refractivity (Wildman–Crippen MR) is 121 cm³/mol. The molecule has 0 spiro atoms. The van der Waals surface area contributed by atoms with E-state index in [-0.39, 0.29) is 24.0 Å². The average molecular weight is 451 g/mol. The van der Waals surface area contributed by atoms with Gasteiger partial charge < -0.3 is 15.4 Å². The average Bonchev–Trinajstić information content (AvgIpc) is 3.23. The van der Waals surface area contributed by atoms with Gasteiger partial charge in [0, 0.05) is 36.9 Å². The van der Waals surface area contributed by atoms with Crippen molar-refractivity contribution in [1.82, 2.24) is 25.2 Å². The third-order valence-corrected chi connectivity index (χ3v) is 6.26. The highest BCUT2D eigenvalue weighted by Gasteiger charge is 2.28. The minimum Gasteiger partial charge on any atom is -0.365 e. The van der Waals surface area contributed by atoms with E-state index in [2.05, 4.69) is 25.8 Å². The second-order valence-electron chi connectivity index (χ2n) is 8.50. The molecule has 9 heteroatoms. The number of nitrogens with zero attached hydrogens (tertiary/aromatic N) is 4. The summed E-state index contributed by atoms with van der Waals surface area (Å²) in [4.78, 5) is 14.6. The van der Waals surface area contributed by atoms with Crippen LogP contribution in [0.15, 0.2) is 54.6 Å². The van der Waals surface area contributed by atoms with E-state index in [1.807, 2.05) is 41.1 Å². The summed E-state index contributed by atoms with van der Waals surface area (Å²) in [5.74, 6) is -0.264. The molecule has 2 aromatic carbocycles. The molecular weight excluding hydrogens is 423 g/mol. The Morgan fingerprint density at radius 1 is 1.09 bits per heavy atom. The highest BCUT2D eigenvalue weighted by molar-refractivity contribution is 5.89. The number of rotatable bonds is 5. The summed E-state index contributed by atoms with van der Waals surface area (Å²) in [5.41, 5.74) is 3.18. The van der Waals surface area contributed by atoms with Crippen molar-refractivity contribution in [2.24, 2.45) is 0 Å². The van der Waals surface area contributed by atoms with E-state index in [0.29, 0.717) is 25.3 Å². The Bertz CT molecular complexity index is 1100. The molecule has 0 aliphatic carbocycles. The van der Waals surface area contributed by atoms with Crippen LogP contribution in [-0.4, -0.2) is 45.1 Å². The number of nitrogens with one attached hydrogen (secondary N) is 2. The Hall–Kier alpha value is -3.30. The molecule has 3 heterocycles. The van der Waals surface area contributed by atoms with E-state index in [1.165, 1.54) is 6.07 Å². The standard InChI is InChI=1S/C24H27FN6O2/c25-20-9-5-4-8-19(20)23-15-31-22(16-33-23)21(28-29-31)14-30-12-10-18(11-13-30)27-24(32)26-17-6-2-1-3-7-17/h1-9,18,23H,10-16H2,(H2,26,27,32). The SMILES string of the molecule is O=C(Nc1ccccc1)NC1CCN(Cc2nnn3c2COC(c2ccccc2F)C3)CC1. The number of hydrogen-bond donors (Lipinski definition) is 2. The maximum absolute atomic E-state index is 14.1. The number of hydrogen-bond acceptors (Lipinski definition) is 5. The van der Waals surface area contributed by atoms with Gasteiger partial charge in [0.1, 0.15) is 17.6 Å². The summed E-state index contributed by atoms with van der Waals surface area (Å²) < 4.78 is 21.9. The van der Waals surface area contributed by atoms with Crippen molar-refractivity contribution >= 4 is 11.7 Å². The summed E-state index contributed by atoms with van der Waals surface area (Å²) in [6.45, 7) is 3.22. The number of benzene rings is 2. The summed E-state index contributed by atoms with van der Waals surface area (Å²) in [6.07, 6.45) is 1.38. The fraction of sp³-hybridized carbons (Fsp3) is 0.375. The first-order valence-corrected chi connectivity index (χ1v) is 11.3. The molecule has 1 aromatic heterocycles. The van der Waals surface area contributed by atoms with E-state index in [9.17, 15) is 9.18 Å². The molecule has 0 saturated carbocycles. The fourth-order valence-electron chi connectivity index (χ4n) is 4.43. The number of carbonyl (C=O) groups excluding carboxylic acids is 1. The lowest BCUT2D eigenvalue weighted by atomic mass is 10.0. The zero-order valence-electron chi connectivity index (χ0n) is 18.3. The van der Waals surface area contributed by atoms with Gasteiger partial charge in [0.2, 0.25) is 0 Å².